The van der Waals surface area contributed by atoms with E-state index in [4.69, 9.17) is 0 Å². The molecule has 0 bridgehead atoms. The summed E-state index contributed by atoms with van der Waals surface area (Å²) in [7, 11) is 0. The Bertz CT molecular complexity index is 644. The summed E-state index contributed by atoms with van der Waals surface area (Å²) in [6.07, 6.45) is 5.56. The number of amides is 2. The average Bonchev–Trinajstić information content (AvgIpc) is 2.61. The third kappa shape index (κ3) is 1.76. The summed E-state index contributed by atoms with van der Waals surface area (Å²) in [4.78, 5) is 25.9. The van der Waals surface area contributed by atoms with Crippen LogP contribution >= 0.6 is 0 Å². The zero-order chi connectivity index (χ0) is 13.6. The van der Waals surface area contributed by atoms with Crippen molar-refractivity contribution in [1.82, 2.24) is 10.2 Å². The van der Waals surface area contributed by atoms with Crippen LogP contribution in [0.2, 0.25) is 0 Å². The Morgan fingerprint density at radius 3 is 2.63 bits per heavy atom. The molecule has 1 aromatic rings. The number of allylic oxidation sites excluding steroid dienone is 2. The van der Waals surface area contributed by atoms with Gasteiger partial charge in [0.25, 0.3) is 11.8 Å². The second-order valence-corrected chi connectivity index (χ2v) is 4.86. The van der Waals surface area contributed by atoms with E-state index in [2.05, 4.69) is 5.32 Å². The summed E-state index contributed by atoms with van der Waals surface area (Å²) in [6, 6.07) is 5.43. The molecule has 4 nitrogen and oxygen atoms in total. The van der Waals surface area contributed by atoms with Gasteiger partial charge in [-0.25, -0.2) is 4.90 Å². The molecule has 0 saturated heterocycles. The van der Waals surface area contributed by atoms with Crippen LogP contribution < -0.4 is 5.32 Å². The van der Waals surface area contributed by atoms with Gasteiger partial charge in [0.2, 0.25) is 0 Å². The topological polar surface area (TPSA) is 49.4 Å². The van der Waals surface area contributed by atoms with Crippen LogP contribution in [0.3, 0.4) is 0 Å². The van der Waals surface area contributed by atoms with Gasteiger partial charge >= 0.3 is 0 Å². The van der Waals surface area contributed by atoms with E-state index < -0.39 is 0 Å². The van der Waals surface area contributed by atoms with Crippen molar-refractivity contribution in [2.24, 2.45) is 0 Å². The molecule has 2 heterocycles. The van der Waals surface area contributed by atoms with E-state index in [1.54, 1.807) is 18.2 Å². The highest BCUT2D eigenvalue weighted by Crippen LogP contribution is 2.27. The number of hydrogen-bond donors (Lipinski definition) is 1. The predicted molar refractivity (Wildman–Crippen MR) is 71.5 cm³/mol. The van der Waals surface area contributed by atoms with Crippen LogP contribution in [0.4, 0.5) is 0 Å². The van der Waals surface area contributed by atoms with Gasteiger partial charge in [0.1, 0.15) is 5.82 Å². The zero-order valence-electron chi connectivity index (χ0n) is 10.8. The molecule has 1 aromatic carbocycles. The number of fused-ring (bicyclic) bond motifs is 1. The van der Waals surface area contributed by atoms with Crippen LogP contribution in [-0.4, -0.2) is 22.8 Å². The molecule has 0 saturated carbocycles. The molecule has 4 heteroatoms. The monoisotopic (exact) mass is 254 g/mol. The largest absolute Gasteiger partial charge is 0.365 e. The molecule has 1 atom stereocenters. The molecule has 96 valence electrons. The summed E-state index contributed by atoms with van der Waals surface area (Å²) in [6.45, 7) is 3.87. The van der Waals surface area contributed by atoms with Crippen LogP contribution in [0.5, 0.6) is 0 Å². The van der Waals surface area contributed by atoms with E-state index in [9.17, 15) is 9.59 Å². The molecule has 0 radical (unpaired) electrons. The fourth-order valence-corrected chi connectivity index (χ4v) is 2.36. The zero-order valence-corrected chi connectivity index (χ0v) is 10.8. The maximum absolute atomic E-state index is 12.4. The molecular weight excluding hydrogens is 240 g/mol. The molecule has 19 heavy (non-hydrogen) atoms. The number of carbonyl (C=O) groups is 2. The Morgan fingerprint density at radius 1 is 1.16 bits per heavy atom. The second-order valence-electron chi connectivity index (χ2n) is 4.86. The van der Waals surface area contributed by atoms with Crippen LogP contribution in [0.15, 0.2) is 42.2 Å². The lowest BCUT2D eigenvalue weighted by molar-refractivity contribution is 0.0692. The minimum absolute atomic E-state index is 0.103. The average molecular weight is 254 g/mol. The minimum atomic E-state index is -0.263. The van der Waals surface area contributed by atoms with Crippen molar-refractivity contribution in [1.29, 1.82) is 0 Å². The van der Waals surface area contributed by atoms with Crippen molar-refractivity contribution in [3.8, 4) is 0 Å². The summed E-state index contributed by atoms with van der Waals surface area (Å²) < 4.78 is 0. The van der Waals surface area contributed by atoms with Gasteiger partial charge in [0.05, 0.1) is 11.1 Å². The quantitative estimate of drug-likeness (QED) is 0.780. The summed E-state index contributed by atoms with van der Waals surface area (Å²) in [5.74, 6) is 0.0186. The summed E-state index contributed by atoms with van der Waals surface area (Å²) in [5.41, 5.74) is 1.93. The second kappa shape index (κ2) is 4.09. The molecule has 2 amide bonds. The van der Waals surface area contributed by atoms with Crippen molar-refractivity contribution in [3.05, 3.63) is 58.9 Å². The van der Waals surface area contributed by atoms with Gasteiger partial charge in [-0.05, 0) is 32.1 Å². The SMILES string of the molecule is Cc1ccc2c(c1)C(=O)N(C1=CC=CC(C)N1)C2=O. The Kier molecular flexibility index (Phi) is 2.52. The van der Waals surface area contributed by atoms with E-state index in [0.717, 1.165) is 5.56 Å². The van der Waals surface area contributed by atoms with Crippen molar-refractivity contribution < 1.29 is 9.59 Å². The fraction of sp³-hybridized carbons (Fsp3) is 0.200. The van der Waals surface area contributed by atoms with Gasteiger partial charge in [-0.15, -0.1) is 0 Å². The van der Waals surface area contributed by atoms with E-state index in [-0.39, 0.29) is 17.9 Å². The van der Waals surface area contributed by atoms with Crippen LogP contribution in [0.1, 0.15) is 33.2 Å². The lowest BCUT2D eigenvalue weighted by Crippen LogP contribution is -2.40. The van der Waals surface area contributed by atoms with Gasteiger partial charge in [-0.2, -0.15) is 0 Å². The number of hydrogen-bond acceptors (Lipinski definition) is 3. The highest BCUT2D eigenvalue weighted by Gasteiger charge is 2.38. The normalized spacial score (nSPS) is 21.3. The van der Waals surface area contributed by atoms with Crippen molar-refractivity contribution in [2.45, 2.75) is 19.9 Å². The first-order valence-electron chi connectivity index (χ1n) is 6.22. The van der Waals surface area contributed by atoms with Crippen molar-refractivity contribution in [2.75, 3.05) is 0 Å². The molecule has 0 aromatic heterocycles. The van der Waals surface area contributed by atoms with Gasteiger partial charge in [-0.1, -0.05) is 23.8 Å². The summed E-state index contributed by atoms with van der Waals surface area (Å²) >= 11 is 0. The third-order valence-corrected chi connectivity index (χ3v) is 3.31. The smallest absolute Gasteiger partial charge is 0.267 e. The van der Waals surface area contributed by atoms with Crippen LogP contribution in [0, 0.1) is 6.92 Å². The number of nitrogens with one attached hydrogen (secondary N) is 1. The Labute approximate surface area is 111 Å². The molecule has 2 aliphatic rings. The number of dihydropyridines is 1. The van der Waals surface area contributed by atoms with E-state index >= 15 is 0 Å². The Balaban J connectivity index is 2.03. The molecular formula is C15H14N2O2. The number of aryl methyl sites for hydroxylation is 1. The number of imide groups is 1. The first kappa shape index (κ1) is 11.7. The molecule has 0 spiro atoms. The number of nitrogens with zero attached hydrogens (tertiary/aromatic N) is 1. The molecule has 2 aliphatic heterocycles. The Morgan fingerprint density at radius 2 is 1.89 bits per heavy atom. The fourth-order valence-electron chi connectivity index (χ4n) is 2.36. The van der Waals surface area contributed by atoms with E-state index in [0.29, 0.717) is 16.9 Å². The lowest BCUT2D eigenvalue weighted by Gasteiger charge is -2.24. The molecule has 0 fully saturated rings. The van der Waals surface area contributed by atoms with E-state index in [1.165, 1.54) is 4.90 Å². The number of benzene rings is 1. The minimum Gasteiger partial charge on any atom is -0.365 e. The highest BCUT2D eigenvalue weighted by molar-refractivity contribution is 6.22. The number of rotatable bonds is 1. The third-order valence-electron chi connectivity index (χ3n) is 3.31. The predicted octanol–water partition coefficient (Wildman–Crippen LogP) is 1.98. The molecule has 1 unspecified atom stereocenters. The maximum atomic E-state index is 12.4. The highest BCUT2D eigenvalue weighted by atomic mass is 16.2. The van der Waals surface area contributed by atoms with Crippen molar-refractivity contribution >= 4 is 11.8 Å². The first-order valence-corrected chi connectivity index (χ1v) is 6.22. The van der Waals surface area contributed by atoms with Gasteiger partial charge in [0.15, 0.2) is 0 Å². The standard InChI is InChI=1S/C15H14N2O2/c1-9-6-7-11-12(8-9)15(19)17(14(11)18)13-5-3-4-10(2)16-13/h3-8,10,16H,1-2H3. The lowest BCUT2D eigenvalue weighted by atomic mass is 10.1. The van der Waals surface area contributed by atoms with Gasteiger partial charge < -0.3 is 5.32 Å². The Hall–Kier alpha value is -2.36. The van der Waals surface area contributed by atoms with Crippen LogP contribution in [-0.2, 0) is 0 Å². The number of carbonyl (C=O) groups excluding carboxylic acids is 2. The first-order chi connectivity index (χ1) is 9.08. The van der Waals surface area contributed by atoms with Gasteiger partial charge in [-0.3, -0.25) is 9.59 Å². The van der Waals surface area contributed by atoms with E-state index in [1.807, 2.05) is 32.1 Å². The molecule has 0 aliphatic carbocycles. The molecule has 3 rings (SSSR count). The maximum Gasteiger partial charge on any atom is 0.267 e. The summed E-state index contributed by atoms with van der Waals surface area (Å²) in [5, 5.41) is 3.13. The van der Waals surface area contributed by atoms with Gasteiger partial charge in [0, 0.05) is 6.04 Å². The van der Waals surface area contributed by atoms with Crippen LogP contribution in [0.25, 0.3) is 0 Å². The molecule has 1 N–H and O–H groups in total. The van der Waals surface area contributed by atoms with Crippen molar-refractivity contribution in [3.63, 3.8) is 0 Å².